The number of hydrogen-bond acceptors (Lipinski definition) is 3. The molecule has 0 aromatic heterocycles. The highest BCUT2D eigenvalue weighted by atomic mass is 15.1. The van der Waals surface area contributed by atoms with Crippen LogP contribution >= 0.6 is 0 Å². The van der Waals surface area contributed by atoms with Crippen molar-refractivity contribution < 1.29 is 0 Å². The Morgan fingerprint density at radius 1 is 1.16 bits per heavy atom. The predicted octanol–water partition coefficient (Wildman–Crippen LogP) is 2.72. The van der Waals surface area contributed by atoms with Crippen LogP contribution in [0.25, 0.3) is 0 Å². The molecule has 0 atom stereocenters. The molecule has 1 heterocycles. The molecule has 0 amide bonds. The van der Waals surface area contributed by atoms with Gasteiger partial charge < -0.3 is 15.1 Å². The van der Waals surface area contributed by atoms with Gasteiger partial charge in [-0.15, -0.1) is 0 Å². The van der Waals surface area contributed by atoms with E-state index in [1.807, 2.05) is 0 Å². The third-order valence-electron chi connectivity index (χ3n) is 3.91. The van der Waals surface area contributed by atoms with E-state index in [9.17, 15) is 0 Å². The fourth-order valence-corrected chi connectivity index (χ4v) is 2.65. The van der Waals surface area contributed by atoms with E-state index in [-0.39, 0.29) is 0 Å². The Bertz CT molecular complexity index is 364. The molecule has 1 aliphatic heterocycles. The summed E-state index contributed by atoms with van der Waals surface area (Å²) in [5, 5.41) is 3.63. The minimum Gasteiger partial charge on any atom is -0.378 e. The lowest BCUT2D eigenvalue weighted by Crippen LogP contribution is -2.42. The summed E-state index contributed by atoms with van der Waals surface area (Å²) in [7, 11) is 4.17. The van der Waals surface area contributed by atoms with Crippen molar-refractivity contribution in [2.24, 2.45) is 0 Å². The average Bonchev–Trinajstić information content (AvgIpc) is 2.46. The number of anilines is 2. The molecule has 0 spiro atoms. The van der Waals surface area contributed by atoms with Crippen LogP contribution in [0.3, 0.4) is 0 Å². The summed E-state index contributed by atoms with van der Waals surface area (Å²) < 4.78 is 0. The fourth-order valence-electron chi connectivity index (χ4n) is 2.65. The summed E-state index contributed by atoms with van der Waals surface area (Å²) in [4.78, 5) is 4.65. The molecule has 1 aromatic rings. The molecule has 3 nitrogen and oxygen atoms in total. The summed E-state index contributed by atoms with van der Waals surface area (Å²) in [5.74, 6) is 0. The molecular weight excluding hydrogens is 234 g/mol. The molecule has 3 heteroatoms. The lowest BCUT2D eigenvalue weighted by atomic mass is 10.0. The third-order valence-corrected chi connectivity index (χ3v) is 3.91. The van der Waals surface area contributed by atoms with E-state index in [4.69, 9.17) is 0 Å². The first kappa shape index (κ1) is 14.2. The van der Waals surface area contributed by atoms with Crippen molar-refractivity contribution in [3.8, 4) is 0 Å². The Labute approximate surface area is 117 Å². The van der Waals surface area contributed by atoms with Crippen molar-refractivity contribution in [2.75, 3.05) is 43.5 Å². The number of nitrogens with zero attached hydrogens (tertiary/aromatic N) is 2. The lowest BCUT2D eigenvalue weighted by Gasteiger charge is -2.34. The maximum atomic E-state index is 3.63. The quantitative estimate of drug-likeness (QED) is 0.879. The van der Waals surface area contributed by atoms with Gasteiger partial charge in [0.2, 0.25) is 0 Å². The van der Waals surface area contributed by atoms with Crippen LogP contribution in [0.2, 0.25) is 0 Å². The molecule has 0 radical (unpaired) electrons. The van der Waals surface area contributed by atoms with Crippen LogP contribution in [0.5, 0.6) is 0 Å². The Balaban J connectivity index is 1.87. The zero-order chi connectivity index (χ0) is 13.7. The summed E-state index contributed by atoms with van der Waals surface area (Å²) >= 11 is 0. The topological polar surface area (TPSA) is 18.5 Å². The monoisotopic (exact) mass is 261 g/mol. The molecule has 0 unspecified atom stereocenters. The lowest BCUT2D eigenvalue weighted by molar-refractivity contribution is 0.416. The molecule has 1 fully saturated rings. The first-order valence-electron chi connectivity index (χ1n) is 7.46. The van der Waals surface area contributed by atoms with E-state index in [2.05, 4.69) is 60.4 Å². The number of hydrogen-bond donors (Lipinski definition) is 1. The SMILES string of the molecule is CCCNC1CCN(c2ccc(N(C)C)cc2)CC1. The Morgan fingerprint density at radius 2 is 1.79 bits per heavy atom. The van der Waals surface area contributed by atoms with Crippen LogP contribution in [-0.2, 0) is 0 Å². The van der Waals surface area contributed by atoms with Crippen LogP contribution in [0.1, 0.15) is 26.2 Å². The highest BCUT2D eigenvalue weighted by Gasteiger charge is 2.18. The van der Waals surface area contributed by atoms with Crippen molar-refractivity contribution in [3.63, 3.8) is 0 Å². The van der Waals surface area contributed by atoms with E-state index in [1.165, 1.54) is 43.7 Å². The van der Waals surface area contributed by atoms with Gasteiger partial charge in [-0.05, 0) is 50.1 Å². The summed E-state index contributed by atoms with van der Waals surface area (Å²) in [6.45, 7) is 5.72. The molecule has 1 aromatic carbocycles. The summed E-state index contributed by atoms with van der Waals surface area (Å²) in [5.41, 5.74) is 2.63. The maximum Gasteiger partial charge on any atom is 0.0367 e. The molecule has 2 rings (SSSR count). The molecule has 106 valence electrons. The largest absolute Gasteiger partial charge is 0.378 e. The van der Waals surface area contributed by atoms with E-state index >= 15 is 0 Å². The van der Waals surface area contributed by atoms with Gasteiger partial charge in [0, 0.05) is 44.6 Å². The first-order valence-corrected chi connectivity index (χ1v) is 7.46. The Kier molecular flexibility index (Phi) is 5.08. The van der Waals surface area contributed by atoms with Gasteiger partial charge in [0.1, 0.15) is 0 Å². The van der Waals surface area contributed by atoms with Crippen molar-refractivity contribution >= 4 is 11.4 Å². The van der Waals surface area contributed by atoms with Crippen molar-refractivity contribution in [1.29, 1.82) is 0 Å². The van der Waals surface area contributed by atoms with E-state index in [0.29, 0.717) is 0 Å². The van der Waals surface area contributed by atoms with Gasteiger partial charge in [-0.3, -0.25) is 0 Å². The number of nitrogens with one attached hydrogen (secondary N) is 1. The second-order valence-corrected chi connectivity index (χ2v) is 5.63. The van der Waals surface area contributed by atoms with Crippen molar-refractivity contribution in [1.82, 2.24) is 5.32 Å². The second-order valence-electron chi connectivity index (χ2n) is 5.63. The van der Waals surface area contributed by atoms with Crippen molar-refractivity contribution in [2.45, 2.75) is 32.2 Å². The Hall–Kier alpha value is -1.22. The van der Waals surface area contributed by atoms with Crippen LogP contribution in [0, 0.1) is 0 Å². The molecule has 0 bridgehead atoms. The van der Waals surface area contributed by atoms with Gasteiger partial charge >= 0.3 is 0 Å². The van der Waals surface area contributed by atoms with Gasteiger partial charge in [0.05, 0.1) is 0 Å². The molecule has 0 aliphatic carbocycles. The van der Waals surface area contributed by atoms with Gasteiger partial charge in [0.15, 0.2) is 0 Å². The molecule has 0 saturated carbocycles. The smallest absolute Gasteiger partial charge is 0.0367 e. The zero-order valence-corrected chi connectivity index (χ0v) is 12.5. The number of piperidine rings is 1. The standard InChI is InChI=1S/C16H27N3/c1-4-11-17-14-9-12-19(13-10-14)16-7-5-15(6-8-16)18(2)3/h5-8,14,17H,4,9-13H2,1-3H3. The number of rotatable bonds is 5. The first-order chi connectivity index (χ1) is 9.20. The zero-order valence-electron chi connectivity index (χ0n) is 12.5. The molecule has 19 heavy (non-hydrogen) atoms. The summed E-state index contributed by atoms with van der Waals surface area (Å²) in [6.07, 6.45) is 3.75. The highest BCUT2D eigenvalue weighted by molar-refractivity contribution is 5.55. The third kappa shape index (κ3) is 3.87. The molecular formula is C16H27N3. The Morgan fingerprint density at radius 3 is 2.32 bits per heavy atom. The highest BCUT2D eigenvalue weighted by Crippen LogP contribution is 2.22. The van der Waals surface area contributed by atoms with Crippen LogP contribution in [0.4, 0.5) is 11.4 Å². The van der Waals surface area contributed by atoms with E-state index < -0.39 is 0 Å². The van der Waals surface area contributed by atoms with Gasteiger partial charge in [-0.1, -0.05) is 6.92 Å². The van der Waals surface area contributed by atoms with Gasteiger partial charge in [0.25, 0.3) is 0 Å². The van der Waals surface area contributed by atoms with Gasteiger partial charge in [-0.2, -0.15) is 0 Å². The van der Waals surface area contributed by atoms with Crippen molar-refractivity contribution in [3.05, 3.63) is 24.3 Å². The minimum atomic E-state index is 0.720. The predicted molar refractivity (Wildman–Crippen MR) is 84.3 cm³/mol. The van der Waals surface area contributed by atoms with Crippen LogP contribution in [0.15, 0.2) is 24.3 Å². The average molecular weight is 261 g/mol. The number of benzene rings is 1. The van der Waals surface area contributed by atoms with E-state index in [1.54, 1.807) is 0 Å². The van der Waals surface area contributed by atoms with Gasteiger partial charge in [-0.25, -0.2) is 0 Å². The van der Waals surface area contributed by atoms with Crippen LogP contribution < -0.4 is 15.1 Å². The molecule has 1 N–H and O–H groups in total. The van der Waals surface area contributed by atoms with Crippen LogP contribution in [-0.4, -0.2) is 39.8 Å². The maximum absolute atomic E-state index is 3.63. The summed E-state index contributed by atoms with van der Waals surface area (Å²) in [6, 6.07) is 9.62. The molecule has 1 saturated heterocycles. The normalized spacial score (nSPS) is 16.7. The molecule has 1 aliphatic rings. The fraction of sp³-hybridized carbons (Fsp3) is 0.625. The second kappa shape index (κ2) is 6.80. The minimum absolute atomic E-state index is 0.720. The van der Waals surface area contributed by atoms with E-state index in [0.717, 1.165) is 12.6 Å².